The Labute approximate surface area is 99.9 Å². The maximum atomic E-state index is 12.3. The van der Waals surface area contributed by atoms with Gasteiger partial charge in [-0.05, 0) is 37.1 Å². The first-order valence-corrected chi connectivity index (χ1v) is 5.27. The molecule has 0 unspecified atom stereocenters. The van der Waals surface area contributed by atoms with E-state index >= 15 is 0 Å². The zero-order chi connectivity index (χ0) is 12.0. The molecule has 0 radical (unpaired) electrons. The van der Waals surface area contributed by atoms with Crippen molar-refractivity contribution < 1.29 is 4.39 Å². The second-order valence-electron chi connectivity index (χ2n) is 3.36. The normalized spacial score (nSPS) is 9.25. The van der Waals surface area contributed by atoms with Crippen LogP contribution in [-0.2, 0) is 0 Å². The van der Waals surface area contributed by atoms with Crippen molar-refractivity contribution in [1.29, 1.82) is 0 Å². The maximum Gasteiger partial charge on any atom is 0.131 e. The minimum atomic E-state index is -0.132. The molecule has 0 bridgehead atoms. The number of pyridine rings is 1. The maximum absolute atomic E-state index is 12.3. The lowest BCUT2D eigenvalue weighted by Crippen LogP contribution is -1.76. The van der Waals surface area contributed by atoms with Crippen molar-refractivity contribution in [3.05, 3.63) is 64.7 Å². The molecule has 0 aliphatic carbocycles. The lowest BCUT2D eigenvalue weighted by Gasteiger charge is -1.89. The fraction of sp³-hybridized carbons (Fsp3) is 0.154. The summed E-state index contributed by atoms with van der Waals surface area (Å²) in [5.74, 6) is -0.132. The first-order chi connectivity index (χ1) is 7.61. The van der Waals surface area contributed by atoms with Gasteiger partial charge >= 0.3 is 0 Å². The number of rotatable bonds is 0. The summed E-state index contributed by atoms with van der Waals surface area (Å²) in [6.07, 6.45) is 1.68. The van der Waals surface area contributed by atoms with Crippen LogP contribution in [0.4, 0.5) is 4.39 Å². The van der Waals surface area contributed by atoms with Gasteiger partial charge in [0, 0.05) is 6.20 Å². The number of benzene rings is 1. The summed E-state index contributed by atoms with van der Waals surface area (Å²) in [7, 11) is 0. The van der Waals surface area contributed by atoms with Crippen LogP contribution in [0.5, 0.6) is 0 Å². The third-order valence-electron chi connectivity index (χ3n) is 2.02. The Kier molecular flexibility index (Phi) is 4.93. The van der Waals surface area contributed by atoms with Crippen molar-refractivity contribution in [2.45, 2.75) is 13.8 Å². The molecule has 1 nitrogen and oxygen atoms in total. The molecule has 0 spiro atoms. The van der Waals surface area contributed by atoms with Crippen molar-refractivity contribution in [2.75, 3.05) is 0 Å². The predicted molar refractivity (Wildman–Crippen MR) is 65.1 cm³/mol. The van der Waals surface area contributed by atoms with Gasteiger partial charge < -0.3 is 0 Å². The molecular formula is C13H13ClFN. The monoisotopic (exact) mass is 237 g/mol. The first-order valence-electron chi connectivity index (χ1n) is 4.89. The predicted octanol–water partition coefficient (Wildman–Crippen LogP) is 4.18. The summed E-state index contributed by atoms with van der Waals surface area (Å²) >= 11 is 5.60. The summed E-state index contributed by atoms with van der Waals surface area (Å²) in [6.45, 7) is 3.67. The highest BCUT2D eigenvalue weighted by Gasteiger charge is 1.89. The smallest absolute Gasteiger partial charge is 0.131 e. The summed E-state index contributed by atoms with van der Waals surface area (Å²) in [5.41, 5.74) is 1.72. The Morgan fingerprint density at radius 1 is 1.00 bits per heavy atom. The van der Waals surface area contributed by atoms with Gasteiger partial charge in [-0.15, -0.1) is 0 Å². The van der Waals surface area contributed by atoms with E-state index in [2.05, 4.69) is 4.98 Å². The number of hydrogen-bond acceptors (Lipinski definition) is 1. The average Bonchev–Trinajstić information content (AvgIpc) is 2.28. The van der Waals surface area contributed by atoms with Crippen LogP contribution in [0.15, 0.2) is 42.6 Å². The van der Waals surface area contributed by atoms with E-state index < -0.39 is 0 Å². The van der Waals surface area contributed by atoms with Gasteiger partial charge in [0.05, 0.1) is 0 Å². The molecule has 0 saturated carbocycles. The number of halogens is 2. The van der Waals surface area contributed by atoms with E-state index in [-0.39, 0.29) is 5.82 Å². The van der Waals surface area contributed by atoms with Crippen LogP contribution in [0.3, 0.4) is 0 Å². The van der Waals surface area contributed by atoms with E-state index in [4.69, 9.17) is 11.6 Å². The van der Waals surface area contributed by atoms with E-state index in [0.717, 1.165) is 5.56 Å². The molecule has 1 aromatic heterocycles. The Hall–Kier alpha value is -1.41. The zero-order valence-corrected chi connectivity index (χ0v) is 10.0. The standard InChI is InChI=1S/C7H7F.C6H6ClN/c1-6-4-2-3-5-7(6)8;1-5-3-2-4-8-6(5)7/h2-5H,1H3;2-4H,1H3. The van der Waals surface area contributed by atoms with Gasteiger partial charge in [0.15, 0.2) is 0 Å². The quantitative estimate of drug-likeness (QED) is 0.627. The first kappa shape index (κ1) is 12.7. The molecule has 1 heterocycles. The van der Waals surface area contributed by atoms with Crippen LogP contribution in [0.25, 0.3) is 0 Å². The van der Waals surface area contributed by atoms with Crippen molar-refractivity contribution in [3.8, 4) is 0 Å². The van der Waals surface area contributed by atoms with Crippen molar-refractivity contribution in [2.24, 2.45) is 0 Å². The summed E-state index contributed by atoms with van der Waals surface area (Å²) in [4.78, 5) is 3.84. The lowest BCUT2D eigenvalue weighted by molar-refractivity contribution is 0.618. The van der Waals surface area contributed by atoms with Crippen LogP contribution in [0.2, 0.25) is 5.15 Å². The molecule has 2 aromatic rings. The van der Waals surface area contributed by atoms with E-state index in [0.29, 0.717) is 10.7 Å². The molecule has 0 atom stereocenters. The van der Waals surface area contributed by atoms with Gasteiger partial charge in [-0.3, -0.25) is 0 Å². The van der Waals surface area contributed by atoms with Gasteiger partial charge in [-0.1, -0.05) is 35.9 Å². The summed E-state index contributed by atoms with van der Waals surface area (Å²) in [6, 6.07) is 10.5. The average molecular weight is 238 g/mol. The molecule has 16 heavy (non-hydrogen) atoms. The van der Waals surface area contributed by atoms with E-state index in [9.17, 15) is 4.39 Å². The Morgan fingerprint density at radius 2 is 1.62 bits per heavy atom. The molecule has 1 aromatic carbocycles. The molecule has 0 aliphatic rings. The summed E-state index contributed by atoms with van der Waals surface area (Å²) in [5, 5.41) is 0.590. The Bertz CT molecular complexity index is 372. The number of hydrogen-bond donors (Lipinski definition) is 0. The second-order valence-corrected chi connectivity index (χ2v) is 3.72. The second kappa shape index (κ2) is 6.23. The number of aryl methyl sites for hydroxylation is 2. The largest absolute Gasteiger partial charge is 0.244 e. The molecule has 2 rings (SSSR count). The number of nitrogens with zero attached hydrogens (tertiary/aromatic N) is 1. The van der Waals surface area contributed by atoms with Crippen molar-refractivity contribution in [1.82, 2.24) is 4.98 Å². The molecule has 0 aliphatic heterocycles. The van der Waals surface area contributed by atoms with Crippen molar-refractivity contribution >= 4 is 11.6 Å². The highest BCUT2D eigenvalue weighted by molar-refractivity contribution is 6.30. The summed E-state index contributed by atoms with van der Waals surface area (Å²) < 4.78 is 12.3. The van der Waals surface area contributed by atoms with Crippen LogP contribution >= 0.6 is 11.6 Å². The lowest BCUT2D eigenvalue weighted by atomic mass is 10.2. The fourth-order valence-electron chi connectivity index (χ4n) is 1.02. The molecule has 84 valence electrons. The van der Waals surface area contributed by atoms with Gasteiger partial charge in [-0.2, -0.15) is 0 Å². The SMILES string of the molecule is Cc1ccccc1F.Cc1cccnc1Cl. The zero-order valence-electron chi connectivity index (χ0n) is 9.24. The highest BCUT2D eigenvalue weighted by atomic mass is 35.5. The van der Waals surface area contributed by atoms with Gasteiger partial charge in [0.25, 0.3) is 0 Å². The topological polar surface area (TPSA) is 12.9 Å². The van der Waals surface area contributed by atoms with Crippen LogP contribution in [0.1, 0.15) is 11.1 Å². The van der Waals surface area contributed by atoms with Gasteiger partial charge in [0.2, 0.25) is 0 Å². The van der Waals surface area contributed by atoms with Crippen molar-refractivity contribution in [3.63, 3.8) is 0 Å². The van der Waals surface area contributed by atoms with Crippen LogP contribution in [0, 0.1) is 19.7 Å². The van der Waals surface area contributed by atoms with Gasteiger partial charge in [-0.25, -0.2) is 9.37 Å². The third kappa shape index (κ3) is 3.99. The van der Waals surface area contributed by atoms with E-state index in [1.165, 1.54) is 6.07 Å². The minimum Gasteiger partial charge on any atom is -0.244 e. The minimum absolute atomic E-state index is 0.132. The third-order valence-corrected chi connectivity index (χ3v) is 2.42. The molecule has 3 heteroatoms. The van der Waals surface area contributed by atoms with Crippen LogP contribution in [-0.4, -0.2) is 4.98 Å². The fourth-order valence-corrected chi connectivity index (χ4v) is 1.14. The molecule has 0 saturated heterocycles. The molecular weight excluding hydrogens is 225 g/mol. The van der Waals surface area contributed by atoms with Crippen LogP contribution < -0.4 is 0 Å². The van der Waals surface area contributed by atoms with Gasteiger partial charge in [0.1, 0.15) is 11.0 Å². The molecule has 0 amide bonds. The van der Waals surface area contributed by atoms with E-state index in [1.807, 2.05) is 25.1 Å². The Balaban J connectivity index is 0.000000160. The van der Waals surface area contributed by atoms with E-state index in [1.54, 1.807) is 25.3 Å². The number of aromatic nitrogens is 1. The highest BCUT2D eigenvalue weighted by Crippen LogP contribution is 2.07. The molecule has 0 fully saturated rings. The Morgan fingerprint density at radius 3 is 2.00 bits per heavy atom. The molecule has 0 N–H and O–H groups in total.